The quantitative estimate of drug-likeness (QED) is 0.639. The van der Waals surface area contributed by atoms with Gasteiger partial charge in [-0.25, -0.2) is 0 Å². The second-order valence-electron chi connectivity index (χ2n) is 3.71. The van der Waals surface area contributed by atoms with Crippen LogP contribution >= 0.6 is 0 Å². The molecule has 0 aromatic rings. The van der Waals surface area contributed by atoms with Crippen molar-refractivity contribution in [1.82, 2.24) is 0 Å². The maximum atomic E-state index is 5.63. The molecule has 0 aliphatic carbocycles. The fraction of sp³-hybridized carbons (Fsp3) is 0.800. The highest BCUT2D eigenvalue weighted by molar-refractivity contribution is 5.06. The second kappa shape index (κ2) is 4.63. The molecule has 12 heavy (non-hydrogen) atoms. The molecule has 0 radical (unpaired) electrons. The van der Waals surface area contributed by atoms with Crippen LogP contribution in [0.2, 0.25) is 0 Å². The number of rotatable bonds is 2. The molecule has 0 saturated carbocycles. The first-order valence-electron chi connectivity index (χ1n) is 4.73. The van der Waals surface area contributed by atoms with Crippen LogP contribution in [0.25, 0.3) is 0 Å². The fourth-order valence-electron chi connectivity index (χ4n) is 1.54. The maximum Gasteiger partial charge on any atom is 0.0635 e. The SMILES string of the molecule is CC(C)C1CC(=CCN)CCO1. The van der Waals surface area contributed by atoms with E-state index in [1.165, 1.54) is 5.57 Å². The van der Waals surface area contributed by atoms with Crippen molar-refractivity contribution in [3.8, 4) is 0 Å². The van der Waals surface area contributed by atoms with Crippen LogP contribution < -0.4 is 5.73 Å². The van der Waals surface area contributed by atoms with E-state index in [0.29, 0.717) is 18.6 Å². The van der Waals surface area contributed by atoms with Crippen LogP contribution in [0.15, 0.2) is 11.6 Å². The molecule has 1 unspecified atom stereocenters. The number of hydrogen-bond acceptors (Lipinski definition) is 2. The van der Waals surface area contributed by atoms with Crippen molar-refractivity contribution in [3.63, 3.8) is 0 Å². The molecule has 1 heterocycles. The Bertz CT molecular complexity index is 163. The van der Waals surface area contributed by atoms with E-state index >= 15 is 0 Å². The third-order valence-electron chi connectivity index (χ3n) is 2.37. The van der Waals surface area contributed by atoms with Crippen LogP contribution in [-0.2, 0) is 4.74 Å². The van der Waals surface area contributed by atoms with Gasteiger partial charge in [-0.2, -0.15) is 0 Å². The largest absolute Gasteiger partial charge is 0.377 e. The summed E-state index contributed by atoms with van der Waals surface area (Å²) in [6.45, 7) is 5.95. The molecule has 1 atom stereocenters. The van der Waals surface area contributed by atoms with Gasteiger partial charge in [0, 0.05) is 6.54 Å². The number of nitrogens with two attached hydrogens (primary N) is 1. The van der Waals surface area contributed by atoms with E-state index in [1.807, 2.05) is 0 Å². The zero-order valence-electron chi connectivity index (χ0n) is 8.05. The highest BCUT2D eigenvalue weighted by Gasteiger charge is 2.19. The first-order valence-corrected chi connectivity index (χ1v) is 4.73. The molecule has 0 aromatic heterocycles. The van der Waals surface area contributed by atoms with E-state index in [2.05, 4.69) is 19.9 Å². The van der Waals surface area contributed by atoms with Crippen molar-refractivity contribution in [2.45, 2.75) is 32.8 Å². The van der Waals surface area contributed by atoms with Gasteiger partial charge in [-0.1, -0.05) is 25.5 Å². The molecule has 2 heteroatoms. The van der Waals surface area contributed by atoms with Gasteiger partial charge >= 0.3 is 0 Å². The summed E-state index contributed by atoms with van der Waals surface area (Å²) >= 11 is 0. The molecule has 0 bridgehead atoms. The van der Waals surface area contributed by atoms with Gasteiger partial charge in [0.1, 0.15) is 0 Å². The Hall–Kier alpha value is -0.340. The zero-order chi connectivity index (χ0) is 8.97. The highest BCUT2D eigenvalue weighted by Crippen LogP contribution is 2.23. The molecule has 2 nitrogen and oxygen atoms in total. The molecular weight excluding hydrogens is 150 g/mol. The average Bonchev–Trinajstić information content (AvgIpc) is 2.05. The van der Waals surface area contributed by atoms with Crippen LogP contribution in [0.1, 0.15) is 26.7 Å². The molecule has 2 N–H and O–H groups in total. The van der Waals surface area contributed by atoms with Crippen LogP contribution in [0, 0.1) is 5.92 Å². The van der Waals surface area contributed by atoms with Gasteiger partial charge in [0.15, 0.2) is 0 Å². The molecule has 0 spiro atoms. The summed E-state index contributed by atoms with van der Waals surface area (Å²) in [5.41, 5.74) is 6.94. The minimum Gasteiger partial charge on any atom is -0.377 e. The monoisotopic (exact) mass is 169 g/mol. The minimum atomic E-state index is 0.413. The summed E-state index contributed by atoms with van der Waals surface area (Å²) in [5, 5.41) is 0. The van der Waals surface area contributed by atoms with E-state index < -0.39 is 0 Å². The van der Waals surface area contributed by atoms with Crippen LogP contribution in [0.3, 0.4) is 0 Å². The van der Waals surface area contributed by atoms with Crippen molar-refractivity contribution in [1.29, 1.82) is 0 Å². The smallest absolute Gasteiger partial charge is 0.0635 e. The summed E-state index contributed by atoms with van der Waals surface area (Å²) in [4.78, 5) is 0. The van der Waals surface area contributed by atoms with Gasteiger partial charge in [-0.3, -0.25) is 0 Å². The molecule has 0 aromatic carbocycles. The number of hydrogen-bond donors (Lipinski definition) is 1. The van der Waals surface area contributed by atoms with E-state index in [-0.39, 0.29) is 0 Å². The lowest BCUT2D eigenvalue weighted by Crippen LogP contribution is -2.26. The topological polar surface area (TPSA) is 35.2 Å². The predicted octanol–water partition coefficient (Wildman–Crippen LogP) is 1.71. The highest BCUT2D eigenvalue weighted by atomic mass is 16.5. The van der Waals surface area contributed by atoms with Crippen molar-refractivity contribution >= 4 is 0 Å². The summed E-state index contributed by atoms with van der Waals surface area (Å²) in [5.74, 6) is 0.617. The Labute approximate surface area is 74.8 Å². The van der Waals surface area contributed by atoms with E-state index in [0.717, 1.165) is 19.4 Å². The van der Waals surface area contributed by atoms with Crippen molar-refractivity contribution < 1.29 is 4.74 Å². The molecule has 1 saturated heterocycles. The predicted molar refractivity (Wildman–Crippen MR) is 50.9 cm³/mol. The van der Waals surface area contributed by atoms with E-state index in [1.54, 1.807) is 0 Å². The van der Waals surface area contributed by atoms with Crippen molar-refractivity contribution in [2.75, 3.05) is 13.2 Å². The van der Waals surface area contributed by atoms with E-state index in [4.69, 9.17) is 10.5 Å². The Morgan fingerprint density at radius 1 is 1.67 bits per heavy atom. The van der Waals surface area contributed by atoms with Crippen LogP contribution in [0.4, 0.5) is 0 Å². The zero-order valence-corrected chi connectivity index (χ0v) is 8.05. The molecule has 0 amide bonds. The summed E-state index contributed by atoms with van der Waals surface area (Å²) in [6.07, 6.45) is 4.70. The fourth-order valence-corrected chi connectivity index (χ4v) is 1.54. The van der Waals surface area contributed by atoms with Crippen molar-refractivity contribution in [2.24, 2.45) is 11.7 Å². The van der Waals surface area contributed by atoms with Gasteiger partial charge in [-0.15, -0.1) is 0 Å². The van der Waals surface area contributed by atoms with Gasteiger partial charge in [0.05, 0.1) is 12.7 Å². The second-order valence-corrected chi connectivity index (χ2v) is 3.71. The Balaban J connectivity index is 2.46. The molecule has 1 fully saturated rings. The number of ether oxygens (including phenoxy) is 1. The third kappa shape index (κ3) is 2.61. The molecule has 70 valence electrons. The van der Waals surface area contributed by atoms with Gasteiger partial charge in [0.25, 0.3) is 0 Å². The summed E-state index contributed by atoms with van der Waals surface area (Å²) in [6, 6.07) is 0. The maximum absolute atomic E-state index is 5.63. The minimum absolute atomic E-state index is 0.413. The van der Waals surface area contributed by atoms with Gasteiger partial charge < -0.3 is 10.5 Å². The Morgan fingerprint density at radius 3 is 3.00 bits per heavy atom. The normalized spacial score (nSPS) is 28.3. The third-order valence-corrected chi connectivity index (χ3v) is 2.37. The lowest BCUT2D eigenvalue weighted by molar-refractivity contribution is 0.00646. The van der Waals surface area contributed by atoms with Crippen LogP contribution in [-0.4, -0.2) is 19.3 Å². The Morgan fingerprint density at radius 2 is 2.42 bits per heavy atom. The first-order chi connectivity index (χ1) is 5.74. The van der Waals surface area contributed by atoms with Crippen LogP contribution in [0.5, 0.6) is 0 Å². The lowest BCUT2D eigenvalue weighted by Gasteiger charge is -2.27. The molecule has 1 aliphatic rings. The molecule has 1 rings (SSSR count). The van der Waals surface area contributed by atoms with Gasteiger partial charge in [-0.05, 0) is 18.8 Å². The lowest BCUT2D eigenvalue weighted by atomic mass is 9.95. The first kappa shape index (κ1) is 9.75. The van der Waals surface area contributed by atoms with Gasteiger partial charge in [0.2, 0.25) is 0 Å². The molecular formula is C10H19NO. The molecule has 1 aliphatic heterocycles. The average molecular weight is 169 g/mol. The van der Waals surface area contributed by atoms with Crippen molar-refractivity contribution in [3.05, 3.63) is 11.6 Å². The summed E-state index contributed by atoms with van der Waals surface area (Å²) in [7, 11) is 0. The van der Waals surface area contributed by atoms with E-state index in [9.17, 15) is 0 Å². The standard InChI is InChI=1S/C10H19NO/c1-8(2)10-7-9(3-5-11)4-6-12-10/h3,8,10H,4-7,11H2,1-2H3. The Kier molecular flexibility index (Phi) is 3.76. The summed E-state index contributed by atoms with van der Waals surface area (Å²) < 4.78 is 5.63.